The second kappa shape index (κ2) is 6.29. The highest BCUT2D eigenvalue weighted by Gasteiger charge is 2.40. The second-order valence-electron chi connectivity index (χ2n) is 8.68. The summed E-state index contributed by atoms with van der Waals surface area (Å²) in [6, 6.07) is 6.11. The summed E-state index contributed by atoms with van der Waals surface area (Å²) in [7, 11) is 1.67. The molecule has 0 spiro atoms. The zero-order chi connectivity index (χ0) is 19.3. The molecule has 1 aromatic carbocycles. The Hall–Kier alpha value is -2.50. The van der Waals surface area contributed by atoms with Crippen molar-refractivity contribution < 1.29 is 14.3 Å². The molecule has 2 atom stereocenters. The molecule has 2 N–H and O–H groups in total. The number of rotatable bonds is 3. The van der Waals surface area contributed by atoms with E-state index in [1.807, 2.05) is 43.9 Å². The predicted molar refractivity (Wildman–Crippen MR) is 104 cm³/mol. The smallest absolute Gasteiger partial charge is 0.225 e. The average Bonchev–Trinajstić information content (AvgIpc) is 3.26. The van der Waals surface area contributed by atoms with Crippen LogP contribution in [0.3, 0.4) is 0 Å². The lowest BCUT2D eigenvalue weighted by Gasteiger charge is -2.32. The number of aromatic amines is 1. The number of nitrogens with one attached hydrogen (secondary N) is 2. The van der Waals surface area contributed by atoms with Crippen LogP contribution in [0.15, 0.2) is 18.2 Å². The van der Waals surface area contributed by atoms with Gasteiger partial charge < -0.3 is 19.9 Å². The molecule has 0 bridgehead atoms. The number of carbonyl (C=O) groups excluding carboxylic acids is 2. The van der Waals surface area contributed by atoms with Gasteiger partial charge in [0, 0.05) is 47.6 Å². The number of aromatic nitrogens is 1. The molecule has 144 valence electrons. The Labute approximate surface area is 159 Å². The minimum absolute atomic E-state index is 0.00728. The molecule has 2 aliphatic rings. The third kappa shape index (κ3) is 3.17. The molecule has 27 heavy (non-hydrogen) atoms. The second-order valence-corrected chi connectivity index (χ2v) is 8.68. The molecular formula is C21H27N3O3. The van der Waals surface area contributed by atoms with E-state index in [0.717, 1.165) is 29.5 Å². The van der Waals surface area contributed by atoms with Crippen molar-refractivity contribution in [2.24, 2.45) is 5.92 Å². The maximum Gasteiger partial charge on any atom is 0.225 e. The third-order valence-electron chi connectivity index (χ3n) is 5.75. The van der Waals surface area contributed by atoms with Crippen LogP contribution in [0.4, 0.5) is 0 Å². The van der Waals surface area contributed by atoms with Crippen LogP contribution in [-0.4, -0.2) is 46.9 Å². The molecule has 2 unspecified atom stereocenters. The van der Waals surface area contributed by atoms with E-state index in [-0.39, 0.29) is 29.3 Å². The molecule has 2 heterocycles. The van der Waals surface area contributed by atoms with E-state index < -0.39 is 0 Å². The first kappa shape index (κ1) is 17.9. The van der Waals surface area contributed by atoms with Crippen LogP contribution < -0.4 is 10.1 Å². The Balaban J connectivity index is 1.44. The Morgan fingerprint density at radius 3 is 2.70 bits per heavy atom. The summed E-state index contributed by atoms with van der Waals surface area (Å²) in [6.07, 6.45) is 1.90. The number of amides is 2. The van der Waals surface area contributed by atoms with E-state index in [0.29, 0.717) is 13.0 Å². The normalized spacial score (nSPS) is 22.4. The number of nitrogens with zero attached hydrogens (tertiary/aromatic N) is 1. The van der Waals surface area contributed by atoms with Crippen molar-refractivity contribution in [2.75, 3.05) is 13.7 Å². The van der Waals surface area contributed by atoms with Gasteiger partial charge in [0.05, 0.1) is 13.0 Å². The first-order chi connectivity index (χ1) is 12.8. The number of hydrogen-bond acceptors (Lipinski definition) is 3. The first-order valence-corrected chi connectivity index (χ1v) is 9.54. The summed E-state index contributed by atoms with van der Waals surface area (Å²) < 4.78 is 5.34. The predicted octanol–water partition coefficient (Wildman–Crippen LogP) is 2.41. The van der Waals surface area contributed by atoms with Crippen LogP contribution in [-0.2, 0) is 22.4 Å². The molecule has 2 amide bonds. The first-order valence-electron chi connectivity index (χ1n) is 9.54. The van der Waals surface area contributed by atoms with Crippen molar-refractivity contribution in [3.05, 3.63) is 29.5 Å². The van der Waals surface area contributed by atoms with Gasteiger partial charge in [-0.05, 0) is 51.0 Å². The quantitative estimate of drug-likeness (QED) is 0.872. The van der Waals surface area contributed by atoms with Gasteiger partial charge in [-0.3, -0.25) is 9.59 Å². The fraction of sp³-hybridized carbons (Fsp3) is 0.524. The lowest BCUT2D eigenvalue weighted by molar-refractivity contribution is -0.132. The van der Waals surface area contributed by atoms with Crippen LogP contribution in [0, 0.1) is 5.92 Å². The lowest BCUT2D eigenvalue weighted by atomic mass is 10.1. The van der Waals surface area contributed by atoms with Gasteiger partial charge in [-0.2, -0.15) is 0 Å². The van der Waals surface area contributed by atoms with E-state index in [9.17, 15) is 9.59 Å². The monoisotopic (exact) mass is 369 g/mol. The largest absolute Gasteiger partial charge is 0.497 e. The Kier molecular flexibility index (Phi) is 4.17. The number of benzene rings is 1. The highest BCUT2D eigenvalue weighted by Crippen LogP contribution is 2.33. The molecule has 1 aliphatic carbocycles. The molecular weight excluding hydrogens is 342 g/mol. The molecule has 1 fully saturated rings. The van der Waals surface area contributed by atoms with E-state index in [2.05, 4.69) is 10.3 Å². The average molecular weight is 369 g/mol. The summed E-state index contributed by atoms with van der Waals surface area (Å²) in [5.41, 5.74) is 3.30. The van der Waals surface area contributed by atoms with Crippen LogP contribution >= 0.6 is 0 Å². The number of fused-ring (bicyclic) bond motifs is 3. The van der Waals surface area contributed by atoms with Gasteiger partial charge in [0.2, 0.25) is 11.8 Å². The number of likely N-dealkylation sites (tertiary alicyclic amines) is 1. The van der Waals surface area contributed by atoms with Gasteiger partial charge in [-0.25, -0.2) is 0 Å². The summed E-state index contributed by atoms with van der Waals surface area (Å²) >= 11 is 0. The zero-order valence-electron chi connectivity index (χ0n) is 16.4. The van der Waals surface area contributed by atoms with Crippen LogP contribution in [0.2, 0.25) is 0 Å². The minimum atomic E-state index is -0.257. The SMILES string of the molecule is COc1ccc2[nH]c3c(c2c1)CC(NC(=O)C1CC(=O)N(C(C)(C)C)C1)C3. The molecule has 1 aromatic heterocycles. The minimum Gasteiger partial charge on any atom is -0.497 e. The van der Waals surface area contributed by atoms with Crippen LogP contribution in [0.25, 0.3) is 10.9 Å². The fourth-order valence-corrected chi connectivity index (χ4v) is 4.33. The molecule has 6 nitrogen and oxygen atoms in total. The van der Waals surface area contributed by atoms with E-state index in [1.165, 1.54) is 11.3 Å². The fourth-order valence-electron chi connectivity index (χ4n) is 4.33. The van der Waals surface area contributed by atoms with Crippen molar-refractivity contribution in [3.63, 3.8) is 0 Å². The van der Waals surface area contributed by atoms with Crippen molar-refractivity contribution >= 4 is 22.7 Å². The van der Waals surface area contributed by atoms with Gasteiger partial charge in [-0.1, -0.05) is 0 Å². The molecule has 0 saturated carbocycles. The maximum atomic E-state index is 12.7. The number of hydrogen-bond donors (Lipinski definition) is 2. The van der Waals surface area contributed by atoms with Gasteiger partial charge in [0.15, 0.2) is 0 Å². The van der Waals surface area contributed by atoms with Crippen LogP contribution in [0.1, 0.15) is 38.4 Å². The summed E-state index contributed by atoms with van der Waals surface area (Å²) in [4.78, 5) is 30.3. The van der Waals surface area contributed by atoms with E-state index in [1.54, 1.807) is 7.11 Å². The van der Waals surface area contributed by atoms with Gasteiger partial charge in [0.1, 0.15) is 5.75 Å². The Morgan fingerprint density at radius 1 is 1.26 bits per heavy atom. The highest BCUT2D eigenvalue weighted by molar-refractivity contribution is 5.90. The highest BCUT2D eigenvalue weighted by atomic mass is 16.5. The van der Waals surface area contributed by atoms with Gasteiger partial charge in [-0.15, -0.1) is 0 Å². The number of H-pyrrole nitrogens is 1. The molecule has 4 rings (SSSR count). The molecule has 2 aromatic rings. The van der Waals surface area contributed by atoms with Crippen molar-refractivity contribution in [3.8, 4) is 5.75 Å². The number of methoxy groups -OCH3 is 1. The summed E-state index contributed by atoms with van der Waals surface area (Å²) in [5.74, 6) is 0.639. The maximum absolute atomic E-state index is 12.7. The molecule has 1 saturated heterocycles. The molecule has 6 heteroatoms. The summed E-state index contributed by atoms with van der Waals surface area (Å²) in [6.45, 7) is 6.53. The van der Waals surface area contributed by atoms with Crippen LogP contribution in [0.5, 0.6) is 5.75 Å². The van der Waals surface area contributed by atoms with E-state index in [4.69, 9.17) is 4.74 Å². The Morgan fingerprint density at radius 2 is 2.04 bits per heavy atom. The van der Waals surface area contributed by atoms with E-state index >= 15 is 0 Å². The van der Waals surface area contributed by atoms with Crippen molar-refractivity contribution in [1.29, 1.82) is 0 Å². The van der Waals surface area contributed by atoms with Gasteiger partial charge in [0.25, 0.3) is 0 Å². The zero-order valence-corrected chi connectivity index (χ0v) is 16.4. The molecule has 0 radical (unpaired) electrons. The third-order valence-corrected chi connectivity index (χ3v) is 5.75. The lowest BCUT2D eigenvalue weighted by Crippen LogP contribution is -2.44. The number of carbonyl (C=O) groups is 2. The standard InChI is InChI=1S/C21H27N3O3/c1-21(2,3)24-11-12(7-19(24)25)20(26)22-13-8-15-16-10-14(27-4)5-6-17(16)23-18(15)9-13/h5-6,10,12-13,23H,7-9,11H2,1-4H3,(H,22,26). The Bertz CT molecular complexity index is 909. The van der Waals surface area contributed by atoms with Crippen molar-refractivity contribution in [1.82, 2.24) is 15.2 Å². The van der Waals surface area contributed by atoms with Crippen molar-refractivity contribution in [2.45, 2.75) is 51.6 Å². The topological polar surface area (TPSA) is 74.4 Å². The summed E-state index contributed by atoms with van der Waals surface area (Å²) in [5, 5.41) is 4.33. The van der Waals surface area contributed by atoms with Gasteiger partial charge >= 0.3 is 0 Å². The molecule has 1 aliphatic heterocycles. The number of ether oxygens (including phenoxy) is 1.